The number of benzene rings is 2. The van der Waals surface area contributed by atoms with Crippen molar-refractivity contribution in [3.05, 3.63) is 53.6 Å². The zero-order valence-electron chi connectivity index (χ0n) is 12.7. The van der Waals surface area contributed by atoms with Gasteiger partial charge in [0, 0.05) is 5.56 Å². The van der Waals surface area contributed by atoms with Crippen LogP contribution < -0.4 is 9.47 Å². The van der Waals surface area contributed by atoms with Gasteiger partial charge in [0.15, 0.2) is 11.5 Å². The van der Waals surface area contributed by atoms with E-state index >= 15 is 0 Å². The summed E-state index contributed by atoms with van der Waals surface area (Å²) in [5.74, 6) is 1.43. The molecule has 0 atom stereocenters. The lowest BCUT2D eigenvalue weighted by molar-refractivity contribution is -0.137. The van der Waals surface area contributed by atoms with Crippen LogP contribution in [0, 0.1) is 0 Å². The van der Waals surface area contributed by atoms with Crippen LogP contribution in [0.5, 0.6) is 11.5 Å². The number of ether oxygens (including phenoxy) is 2. The van der Waals surface area contributed by atoms with Crippen LogP contribution in [0.15, 0.2) is 42.5 Å². The summed E-state index contributed by atoms with van der Waals surface area (Å²) in [6.45, 7) is 0.489. The predicted octanol–water partition coefficient (Wildman–Crippen LogP) is 3.14. The average molecular weight is 348 g/mol. The highest BCUT2D eigenvalue weighted by Crippen LogP contribution is 2.33. The molecule has 0 N–H and O–H groups in total. The summed E-state index contributed by atoms with van der Waals surface area (Å²) in [6.07, 6.45) is -4.42. The zero-order valence-corrected chi connectivity index (χ0v) is 12.7. The third-order valence-corrected chi connectivity index (χ3v) is 3.66. The summed E-state index contributed by atoms with van der Waals surface area (Å²) in [4.78, 5) is 1.31. The molecule has 0 aliphatic carbocycles. The first-order valence-corrected chi connectivity index (χ1v) is 7.33. The zero-order chi connectivity index (χ0) is 17.4. The van der Waals surface area contributed by atoms with Gasteiger partial charge >= 0.3 is 6.18 Å². The summed E-state index contributed by atoms with van der Waals surface area (Å²) in [5.41, 5.74) is 0.362. The maximum absolute atomic E-state index is 12.8. The second-order valence-electron chi connectivity index (χ2n) is 5.41. The molecule has 1 aliphatic heterocycles. The molecule has 0 saturated heterocycles. The number of fused-ring (bicyclic) bond motifs is 1. The van der Waals surface area contributed by atoms with Crippen LogP contribution in [0.4, 0.5) is 13.2 Å². The monoisotopic (exact) mass is 348 g/mol. The fourth-order valence-electron chi connectivity index (χ4n) is 2.46. The Kier molecular flexibility index (Phi) is 3.56. The highest BCUT2D eigenvalue weighted by atomic mass is 19.4. The molecule has 0 saturated carbocycles. The highest BCUT2D eigenvalue weighted by molar-refractivity contribution is 5.55. The minimum atomic E-state index is -4.42. The topological polar surface area (TPSA) is 62.1 Å². The molecule has 1 aromatic heterocycles. The molecule has 1 aliphatic rings. The van der Waals surface area contributed by atoms with E-state index < -0.39 is 11.7 Å². The number of hydrogen-bond donors (Lipinski definition) is 0. The quantitative estimate of drug-likeness (QED) is 0.728. The molecule has 0 unspecified atom stereocenters. The average Bonchev–Trinajstić information content (AvgIpc) is 3.23. The van der Waals surface area contributed by atoms with Gasteiger partial charge in [-0.25, -0.2) is 0 Å². The van der Waals surface area contributed by atoms with Crippen LogP contribution in [0.25, 0.3) is 11.4 Å². The minimum Gasteiger partial charge on any atom is -0.454 e. The lowest BCUT2D eigenvalue weighted by Gasteiger charge is -2.06. The summed E-state index contributed by atoms with van der Waals surface area (Å²) in [7, 11) is 0. The third kappa shape index (κ3) is 3.12. The van der Waals surface area contributed by atoms with E-state index in [1.165, 1.54) is 16.9 Å². The summed E-state index contributed by atoms with van der Waals surface area (Å²) < 4.78 is 48.9. The molecule has 0 amide bonds. The van der Waals surface area contributed by atoms with Gasteiger partial charge in [0.2, 0.25) is 12.6 Å². The van der Waals surface area contributed by atoms with Gasteiger partial charge in [0.1, 0.15) is 0 Å². The maximum Gasteiger partial charge on any atom is 0.416 e. The van der Waals surface area contributed by atoms with Crippen LogP contribution >= 0.6 is 0 Å². The fraction of sp³-hybridized carbons (Fsp3) is 0.188. The fourth-order valence-corrected chi connectivity index (χ4v) is 2.46. The van der Waals surface area contributed by atoms with E-state index in [0.717, 1.165) is 17.7 Å². The van der Waals surface area contributed by atoms with E-state index in [-0.39, 0.29) is 18.2 Å². The molecule has 9 heteroatoms. The van der Waals surface area contributed by atoms with Crippen LogP contribution in [0.2, 0.25) is 0 Å². The molecule has 0 bridgehead atoms. The number of aromatic nitrogens is 4. The van der Waals surface area contributed by atoms with Crippen molar-refractivity contribution in [2.24, 2.45) is 0 Å². The normalized spacial score (nSPS) is 13.2. The van der Waals surface area contributed by atoms with Crippen molar-refractivity contribution in [3.8, 4) is 22.9 Å². The van der Waals surface area contributed by atoms with Gasteiger partial charge in [0.25, 0.3) is 0 Å². The van der Waals surface area contributed by atoms with Gasteiger partial charge in [0.05, 0.1) is 12.1 Å². The smallest absolute Gasteiger partial charge is 0.416 e. The van der Waals surface area contributed by atoms with Gasteiger partial charge in [-0.2, -0.15) is 18.0 Å². The van der Waals surface area contributed by atoms with Gasteiger partial charge in [-0.15, -0.1) is 10.2 Å². The first-order valence-electron chi connectivity index (χ1n) is 7.33. The Morgan fingerprint density at radius 2 is 1.88 bits per heavy atom. The number of alkyl halides is 3. The molecular formula is C16H11F3N4O2. The lowest BCUT2D eigenvalue weighted by Crippen LogP contribution is -2.05. The van der Waals surface area contributed by atoms with Gasteiger partial charge < -0.3 is 9.47 Å². The number of tetrazole rings is 1. The van der Waals surface area contributed by atoms with E-state index in [1.807, 2.05) is 6.07 Å². The van der Waals surface area contributed by atoms with Crippen molar-refractivity contribution in [2.45, 2.75) is 12.7 Å². The Balaban J connectivity index is 1.56. The van der Waals surface area contributed by atoms with E-state index in [0.29, 0.717) is 18.0 Å². The van der Waals surface area contributed by atoms with Crippen molar-refractivity contribution in [1.82, 2.24) is 20.2 Å². The Bertz CT molecular complexity index is 924. The third-order valence-electron chi connectivity index (χ3n) is 3.66. The highest BCUT2D eigenvalue weighted by Gasteiger charge is 2.30. The lowest BCUT2D eigenvalue weighted by atomic mass is 10.1. The molecule has 2 heterocycles. The summed E-state index contributed by atoms with van der Waals surface area (Å²) in [6, 6.07) is 10.2. The van der Waals surface area contributed by atoms with Crippen molar-refractivity contribution in [3.63, 3.8) is 0 Å². The Morgan fingerprint density at radius 1 is 1.04 bits per heavy atom. The molecular weight excluding hydrogens is 337 g/mol. The predicted molar refractivity (Wildman–Crippen MR) is 79.9 cm³/mol. The van der Waals surface area contributed by atoms with Crippen molar-refractivity contribution >= 4 is 0 Å². The molecule has 25 heavy (non-hydrogen) atoms. The van der Waals surface area contributed by atoms with Gasteiger partial charge in [-0.3, -0.25) is 0 Å². The SMILES string of the molecule is FC(F)(F)c1cccc(-c2nnn(Cc3ccc4c(c3)OCO4)n2)c1. The number of hydrogen-bond acceptors (Lipinski definition) is 5. The molecule has 0 fully saturated rings. The van der Waals surface area contributed by atoms with Crippen molar-refractivity contribution in [2.75, 3.05) is 6.79 Å². The van der Waals surface area contributed by atoms with Gasteiger partial charge in [-0.05, 0) is 35.0 Å². The second-order valence-corrected chi connectivity index (χ2v) is 5.41. The largest absolute Gasteiger partial charge is 0.454 e. The molecule has 6 nitrogen and oxygen atoms in total. The number of nitrogens with zero attached hydrogens (tertiary/aromatic N) is 4. The Labute approximate surface area is 139 Å². The van der Waals surface area contributed by atoms with E-state index in [4.69, 9.17) is 9.47 Å². The molecule has 0 radical (unpaired) electrons. The van der Waals surface area contributed by atoms with E-state index in [9.17, 15) is 13.2 Å². The minimum absolute atomic E-state index is 0.131. The standard InChI is InChI=1S/C16H11F3N4O2/c17-16(18,19)12-3-1-2-11(7-12)15-20-22-23(21-15)8-10-4-5-13-14(6-10)25-9-24-13/h1-7H,8-9H2. The Morgan fingerprint density at radius 3 is 2.72 bits per heavy atom. The van der Waals surface area contributed by atoms with Crippen LogP contribution in [-0.4, -0.2) is 27.0 Å². The summed E-state index contributed by atoms with van der Waals surface area (Å²) >= 11 is 0. The molecule has 0 spiro atoms. The molecule has 2 aromatic carbocycles. The Hall–Kier alpha value is -3.10. The molecule has 4 rings (SSSR count). The van der Waals surface area contributed by atoms with Crippen LogP contribution in [0.3, 0.4) is 0 Å². The van der Waals surface area contributed by atoms with Crippen LogP contribution in [0.1, 0.15) is 11.1 Å². The van der Waals surface area contributed by atoms with Crippen LogP contribution in [-0.2, 0) is 12.7 Å². The summed E-state index contributed by atoms with van der Waals surface area (Å²) in [5, 5.41) is 11.9. The first-order chi connectivity index (χ1) is 12.0. The van der Waals surface area contributed by atoms with E-state index in [2.05, 4.69) is 15.4 Å². The number of halogens is 3. The van der Waals surface area contributed by atoms with Crippen molar-refractivity contribution < 1.29 is 22.6 Å². The maximum atomic E-state index is 12.8. The second kappa shape index (κ2) is 5.76. The first kappa shape index (κ1) is 15.4. The van der Waals surface area contributed by atoms with E-state index in [1.54, 1.807) is 12.1 Å². The number of rotatable bonds is 3. The molecule has 128 valence electrons. The van der Waals surface area contributed by atoms with Crippen molar-refractivity contribution in [1.29, 1.82) is 0 Å². The molecule has 3 aromatic rings. The van der Waals surface area contributed by atoms with Gasteiger partial charge in [-0.1, -0.05) is 18.2 Å².